The van der Waals surface area contributed by atoms with Gasteiger partial charge in [0.05, 0.1) is 0 Å². The molecule has 1 aliphatic rings. The van der Waals surface area contributed by atoms with Crippen LogP contribution in [-0.4, -0.2) is 37.5 Å². The van der Waals surface area contributed by atoms with Crippen LogP contribution in [0.1, 0.15) is 52.4 Å². The minimum Gasteiger partial charge on any atom is -0.357 e. The zero-order valence-corrected chi connectivity index (χ0v) is 15.0. The van der Waals surface area contributed by atoms with Crippen LogP contribution in [0.25, 0.3) is 0 Å². The Hall–Kier alpha value is -0.530. The average molecular weight is 396 g/mol. The number of aliphatic imine (C=N–C) groups is 1. The van der Waals surface area contributed by atoms with Crippen LogP contribution < -0.4 is 16.0 Å². The van der Waals surface area contributed by atoms with Gasteiger partial charge in [-0.1, -0.05) is 13.3 Å². The van der Waals surface area contributed by atoms with E-state index in [1.807, 2.05) is 0 Å². The number of guanidine groups is 1. The van der Waals surface area contributed by atoms with Gasteiger partial charge in [-0.25, -0.2) is 0 Å². The number of nitrogens with zero attached hydrogens (tertiary/aromatic N) is 1. The Bertz CT molecular complexity index is 293. The molecule has 5 nitrogen and oxygen atoms in total. The SMILES string of the molecule is CCCCNC(=NCCCC(=O)NC1CC1)NCC.I. The molecule has 0 saturated heterocycles. The fraction of sp³-hybridized carbons (Fsp3) is 0.857. The monoisotopic (exact) mass is 396 g/mol. The van der Waals surface area contributed by atoms with Gasteiger partial charge in [0, 0.05) is 32.1 Å². The van der Waals surface area contributed by atoms with Crippen molar-refractivity contribution in [2.24, 2.45) is 4.99 Å². The van der Waals surface area contributed by atoms with Crippen LogP contribution in [0, 0.1) is 0 Å². The third-order valence-electron chi connectivity index (χ3n) is 2.94. The van der Waals surface area contributed by atoms with Crippen LogP contribution in [-0.2, 0) is 4.79 Å². The van der Waals surface area contributed by atoms with Crippen molar-refractivity contribution in [3.05, 3.63) is 0 Å². The first-order valence-corrected chi connectivity index (χ1v) is 7.57. The number of carbonyl (C=O) groups excluding carboxylic acids is 1. The van der Waals surface area contributed by atoms with Crippen LogP contribution in [0.3, 0.4) is 0 Å². The molecule has 6 heteroatoms. The summed E-state index contributed by atoms with van der Waals surface area (Å²) in [6, 6.07) is 0.462. The minimum absolute atomic E-state index is 0. The van der Waals surface area contributed by atoms with Crippen LogP contribution in [0.4, 0.5) is 0 Å². The van der Waals surface area contributed by atoms with Gasteiger partial charge < -0.3 is 16.0 Å². The van der Waals surface area contributed by atoms with Gasteiger partial charge in [0.1, 0.15) is 0 Å². The molecule has 20 heavy (non-hydrogen) atoms. The number of hydrogen-bond donors (Lipinski definition) is 3. The minimum atomic E-state index is 0. The van der Waals surface area contributed by atoms with Gasteiger partial charge in [0.2, 0.25) is 5.91 Å². The molecule has 1 saturated carbocycles. The number of unbranched alkanes of at least 4 members (excludes halogenated alkanes) is 1. The normalized spacial score (nSPS) is 14.4. The predicted octanol–water partition coefficient (Wildman–Crippen LogP) is 2.02. The summed E-state index contributed by atoms with van der Waals surface area (Å²) in [5, 5.41) is 9.49. The largest absolute Gasteiger partial charge is 0.357 e. The Morgan fingerprint density at radius 1 is 1.20 bits per heavy atom. The molecule has 0 aromatic heterocycles. The second-order valence-corrected chi connectivity index (χ2v) is 4.99. The summed E-state index contributed by atoms with van der Waals surface area (Å²) in [4.78, 5) is 16.0. The molecule has 0 aromatic carbocycles. The molecular formula is C14H29IN4O. The van der Waals surface area contributed by atoms with Crippen LogP contribution in [0.5, 0.6) is 0 Å². The molecule has 0 bridgehead atoms. The molecule has 0 aliphatic heterocycles. The quantitative estimate of drug-likeness (QED) is 0.242. The first-order valence-electron chi connectivity index (χ1n) is 7.57. The van der Waals surface area contributed by atoms with E-state index in [0.717, 1.165) is 44.7 Å². The van der Waals surface area contributed by atoms with Gasteiger partial charge in [-0.15, -0.1) is 24.0 Å². The van der Waals surface area contributed by atoms with E-state index in [2.05, 4.69) is 34.8 Å². The fourth-order valence-electron chi connectivity index (χ4n) is 1.68. The van der Waals surface area contributed by atoms with Crippen molar-refractivity contribution < 1.29 is 4.79 Å². The number of carbonyl (C=O) groups is 1. The van der Waals surface area contributed by atoms with Crippen LogP contribution in [0.15, 0.2) is 4.99 Å². The maximum atomic E-state index is 11.5. The third kappa shape index (κ3) is 10.3. The maximum Gasteiger partial charge on any atom is 0.220 e. The predicted molar refractivity (Wildman–Crippen MR) is 94.7 cm³/mol. The summed E-state index contributed by atoms with van der Waals surface area (Å²) in [6.07, 6.45) is 6.00. The molecule has 0 heterocycles. The zero-order chi connectivity index (χ0) is 13.9. The van der Waals surface area contributed by atoms with Crippen molar-refractivity contribution in [1.82, 2.24) is 16.0 Å². The first kappa shape index (κ1) is 19.5. The van der Waals surface area contributed by atoms with Crippen LogP contribution in [0.2, 0.25) is 0 Å². The van der Waals surface area contributed by atoms with Crippen molar-refractivity contribution in [1.29, 1.82) is 0 Å². The second kappa shape index (κ2) is 12.2. The average Bonchev–Trinajstić information content (AvgIpc) is 3.18. The lowest BCUT2D eigenvalue weighted by Crippen LogP contribution is -2.37. The second-order valence-electron chi connectivity index (χ2n) is 4.99. The molecule has 3 N–H and O–H groups in total. The smallest absolute Gasteiger partial charge is 0.220 e. The summed E-state index contributed by atoms with van der Waals surface area (Å²) in [5.41, 5.74) is 0. The van der Waals surface area contributed by atoms with E-state index < -0.39 is 0 Å². The highest BCUT2D eigenvalue weighted by atomic mass is 127. The zero-order valence-electron chi connectivity index (χ0n) is 12.7. The molecule has 0 atom stereocenters. The van der Waals surface area contributed by atoms with E-state index in [9.17, 15) is 4.79 Å². The lowest BCUT2D eigenvalue weighted by molar-refractivity contribution is -0.121. The van der Waals surface area contributed by atoms with E-state index in [0.29, 0.717) is 19.0 Å². The Morgan fingerprint density at radius 3 is 2.55 bits per heavy atom. The van der Waals surface area contributed by atoms with Crippen LogP contribution >= 0.6 is 24.0 Å². The molecule has 0 radical (unpaired) electrons. The maximum absolute atomic E-state index is 11.5. The molecule has 1 amide bonds. The highest BCUT2D eigenvalue weighted by molar-refractivity contribution is 14.0. The van der Waals surface area contributed by atoms with E-state index in [4.69, 9.17) is 0 Å². The standard InChI is InChI=1S/C14H28N4O.HI/c1-3-5-10-16-14(15-4-2)17-11-6-7-13(19)18-12-8-9-12;/h12H,3-11H2,1-2H3,(H,18,19)(H2,15,16,17);1H. The lowest BCUT2D eigenvalue weighted by Gasteiger charge is -2.10. The van der Waals surface area contributed by atoms with Crippen molar-refractivity contribution in [3.63, 3.8) is 0 Å². The number of rotatable bonds is 9. The van der Waals surface area contributed by atoms with Crippen molar-refractivity contribution in [3.8, 4) is 0 Å². The Kier molecular flexibility index (Phi) is 11.9. The number of halogens is 1. The van der Waals surface area contributed by atoms with Gasteiger partial charge in [-0.2, -0.15) is 0 Å². The molecular weight excluding hydrogens is 367 g/mol. The van der Waals surface area contributed by atoms with E-state index in [-0.39, 0.29) is 29.9 Å². The number of amides is 1. The number of nitrogens with one attached hydrogen (secondary N) is 3. The van der Waals surface area contributed by atoms with Gasteiger partial charge >= 0.3 is 0 Å². The molecule has 0 aromatic rings. The Balaban J connectivity index is 0.00000361. The summed E-state index contributed by atoms with van der Waals surface area (Å²) in [5.74, 6) is 1.03. The van der Waals surface area contributed by atoms with Gasteiger partial charge in [-0.3, -0.25) is 9.79 Å². The number of hydrogen-bond acceptors (Lipinski definition) is 2. The topological polar surface area (TPSA) is 65.5 Å². The van der Waals surface area contributed by atoms with E-state index in [1.54, 1.807) is 0 Å². The van der Waals surface area contributed by atoms with Crippen molar-refractivity contribution in [2.75, 3.05) is 19.6 Å². The summed E-state index contributed by atoms with van der Waals surface area (Å²) < 4.78 is 0. The molecule has 0 unspecified atom stereocenters. The van der Waals surface area contributed by atoms with Gasteiger partial charge in [0.25, 0.3) is 0 Å². The van der Waals surface area contributed by atoms with E-state index in [1.165, 1.54) is 6.42 Å². The summed E-state index contributed by atoms with van der Waals surface area (Å²) in [6.45, 7) is 6.73. The van der Waals surface area contributed by atoms with Crippen molar-refractivity contribution >= 4 is 35.8 Å². The van der Waals surface area contributed by atoms with Gasteiger partial charge in [0.15, 0.2) is 5.96 Å². The summed E-state index contributed by atoms with van der Waals surface area (Å²) in [7, 11) is 0. The molecule has 1 aliphatic carbocycles. The molecule has 1 rings (SSSR count). The highest BCUT2D eigenvalue weighted by Crippen LogP contribution is 2.18. The fourth-order valence-corrected chi connectivity index (χ4v) is 1.68. The Morgan fingerprint density at radius 2 is 1.95 bits per heavy atom. The molecule has 1 fully saturated rings. The van der Waals surface area contributed by atoms with E-state index >= 15 is 0 Å². The van der Waals surface area contributed by atoms with Gasteiger partial charge in [-0.05, 0) is 32.6 Å². The van der Waals surface area contributed by atoms with Crippen molar-refractivity contribution in [2.45, 2.75) is 58.4 Å². The first-order chi connectivity index (χ1) is 9.26. The Labute approximate surface area is 139 Å². The summed E-state index contributed by atoms with van der Waals surface area (Å²) >= 11 is 0. The lowest BCUT2D eigenvalue weighted by atomic mass is 10.3. The molecule has 118 valence electrons. The molecule has 0 spiro atoms. The third-order valence-corrected chi connectivity index (χ3v) is 2.94. The highest BCUT2D eigenvalue weighted by Gasteiger charge is 2.22.